The van der Waals surface area contributed by atoms with Crippen molar-refractivity contribution in [3.63, 3.8) is 0 Å². The van der Waals surface area contributed by atoms with Crippen LogP contribution in [-0.2, 0) is 17.6 Å². The second-order valence-corrected chi connectivity index (χ2v) is 9.58. The molecule has 2 aromatic rings. The van der Waals surface area contributed by atoms with Crippen LogP contribution in [0.3, 0.4) is 0 Å². The third kappa shape index (κ3) is 6.65. The van der Waals surface area contributed by atoms with Gasteiger partial charge in [0.05, 0.1) is 5.69 Å². The first kappa shape index (κ1) is 20.8. The molecular formula is C20H28N2O2S2. The summed E-state index contributed by atoms with van der Waals surface area (Å²) in [6.07, 6.45) is 5.77. The molecule has 0 aliphatic rings. The van der Waals surface area contributed by atoms with Crippen molar-refractivity contribution >= 4 is 34.8 Å². The molecule has 0 bridgehead atoms. The Balaban J connectivity index is 1.77. The minimum atomic E-state index is -0.855. The first-order chi connectivity index (χ1) is 12.4. The van der Waals surface area contributed by atoms with E-state index in [1.54, 1.807) is 13.8 Å². The number of aryl methyl sites for hydroxylation is 1. The average Bonchev–Trinajstić information content (AvgIpc) is 3.03. The fourth-order valence-electron chi connectivity index (χ4n) is 2.42. The molecule has 0 aliphatic heterocycles. The number of thiazole rings is 1. The van der Waals surface area contributed by atoms with Crippen molar-refractivity contribution in [1.82, 2.24) is 4.98 Å². The summed E-state index contributed by atoms with van der Waals surface area (Å²) < 4.78 is -0.0458. The summed E-state index contributed by atoms with van der Waals surface area (Å²) in [5.74, 6) is -0.820. The van der Waals surface area contributed by atoms with Crippen LogP contribution in [-0.4, -0.2) is 27.4 Å². The minimum absolute atomic E-state index is 0.809. The number of carboxylic acids is 1. The molecule has 0 spiro atoms. The van der Waals surface area contributed by atoms with Crippen LogP contribution in [0.4, 0.5) is 5.69 Å². The average molecular weight is 393 g/mol. The Kier molecular flexibility index (Phi) is 7.97. The van der Waals surface area contributed by atoms with E-state index in [9.17, 15) is 9.90 Å². The zero-order valence-electron chi connectivity index (χ0n) is 15.7. The van der Waals surface area contributed by atoms with Gasteiger partial charge >= 0.3 is 5.97 Å². The predicted molar refractivity (Wildman–Crippen MR) is 112 cm³/mol. The predicted octanol–water partition coefficient (Wildman–Crippen LogP) is 5.49. The van der Waals surface area contributed by atoms with E-state index in [1.165, 1.54) is 47.9 Å². The van der Waals surface area contributed by atoms with E-state index < -0.39 is 10.7 Å². The third-order valence-electron chi connectivity index (χ3n) is 4.12. The molecule has 0 saturated heterocycles. The number of benzene rings is 1. The summed E-state index contributed by atoms with van der Waals surface area (Å²) in [6, 6.07) is 8.67. The maximum atomic E-state index is 11.2. The van der Waals surface area contributed by atoms with Gasteiger partial charge in [-0.15, -0.1) is 11.3 Å². The van der Waals surface area contributed by atoms with E-state index in [1.807, 2.05) is 5.38 Å². The summed E-state index contributed by atoms with van der Waals surface area (Å²) in [6.45, 7) is 6.44. The Hall–Kier alpha value is -1.53. The summed E-state index contributed by atoms with van der Waals surface area (Å²) in [5, 5.41) is 14.6. The third-order valence-corrected chi connectivity index (χ3v) is 6.29. The highest BCUT2D eigenvalue weighted by Gasteiger charge is 2.29. The van der Waals surface area contributed by atoms with Crippen molar-refractivity contribution in [3.05, 3.63) is 40.9 Å². The quantitative estimate of drug-likeness (QED) is 0.391. The van der Waals surface area contributed by atoms with Crippen LogP contribution in [0, 0.1) is 0 Å². The Morgan fingerprint density at radius 1 is 1.23 bits per heavy atom. The number of carbonyl (C=O) groups is 1. The molecule has 0 radical (unpaired) electrons. The molecule has 6 heteroatoms. The lowest BCUT2D eigenvalue weighted by atomic mass is 10.1. The van der Waals surface area contributed by atoms with Gasteiger partial charge in [0.15, 0.2) is 4.34 Å². The van der Waals surface area contributed by atoms with Gasteiger partial charge in [0.2, 0.25) is 0 Å². The van der Waals surface area contributed by atoms with Crippen LogP contribution in [0.15, 0.2) is 34.0 Å². The Bertz CT molecular complexity index is 696. The molecular weight excluding hydrogens is 364 g/mol. The zero-order chi connectivity index (χ0) is 19.0. The summed E-state index contributed by atoms with van der Waals surface area (Å²) in [5.41, 5.74) is 3.52. The van der Waals surface area contributed by atoms with Crippen molar-refractivity contribution in [2.24, 2.45) is 0 Å². The number of hydrogen-bond donors (Lipinski definition) is 2. The van der Waals surface area contributed by atoms with Crippen LogP contribution in [0.1, 0.15) is 51.3 Å². The topological polar surface area (TPSA) is 62.2 Å². The molecule has 0 atom stereocenters. The largest absolute Gasteiger partial charge is 0.480 e. The van der Waals surface area contributed by atoms with Crippen molar-refractivity contribution < 1.29 is 9.90 Å². The molecule has 0 amide bonds. The number of anilines is 1. The van der Waals surface area contributed by atoms with Gasteiger partial charge in [-0.1, -0.05) is 43.7 Å². The SMILES string of the molecule is CCCCCc1ccc(NCCc2csc(SC(C)(C)C(=O)O)n2)cc1. The number of carboxylic acid groups (broad SMARTS) is 1. The lowest BCUT2D eigenvalue weighted by molar-refractivity contribution is -0.138. The zero-order valence-corrected chi connectivity index (χ0v) is 17.4. The number of rotatable bonds is 11. The van der Waals surface area contributed by atoms with E-state index in [2.05, 4.69) is 41.5 Å². The van der Waals surface area contributed by atoms with Crippen molar-refractivity contribution in [3.8, 4) is 0 Å². The number of hydrogen-bond acceptors (Lipinski definition) is 5. The van der Waals surface area contributed by atoms with E-state index in [0.717, 1.165) is 35.1 Å². The number of unbranched alkanes of at least 4 members (excludes halogenated alkanes) is 2. The molecule has 0 aliphatic carbocycles. The van der Waals surface area contributed by atoms with Gasteiger partial charge in [0, 0.05) is 24.0 Å². The summed E-state index contributed by atoms with van der Waals surface area (Å²) >= 11 is 2.81. The number of aliphatic carboxylic acids is 1. The molecule has 142 valence electrons. The number of aromatic nitrogens is 1. The maximum absolute atomic E-state index is 11.2. The van der Waals surface area contributed by atoms with Crippen LogP contribution < -0.4 is 5.32 Å². The molecule has 4 nitrogen and oxygen atoms in total. The van der Waals surface area contributed by atoms with Crippen molar-refractivity contribution in [2.45, 2.75) is 62.0 Å². The Labute approximate surface area is 164 Å². The number of nitrogens with zero attached hydrogens (tertiary/aromatic N) is 1. The molecule has 2 rings (SSSR count). The monoisotopic (exact) mass is 392 g/mol. The van der Waals surface area contributed by atoms with Crippen LogP contribution in [0.25, 0.3) is 0 Å². The van der Waals surface area contributed by atoms with Gasteiger partial charge in [-0.25, -0.2) is 4.98 Å². The molecule has 1 heterocycles. The van der Waals surface area contributed by atoms with Gasteiger partial charge in [-0.05, 0) is 44.4 Å². The van der Waals surface area contributed by atoms with Crippen molar-refractivity contribution in [1.29, 1.82) is 0 Å². The molecule has 2 N–H and O–H groups in total. The van der Waals surface area contributed by atoms with E-state index in [0.29, 0.717) is 0 Å². The summed E-state index contributed by atoms with van der Waals surface area (Å²) in [4.78, 5) is 15.7. The second-order valence-electron chi connectivity index (χ2n) is 6.85. The molecule has 1 aromatic carbocycles. The highest BCUT2D eigenvalue weighted by atomic mass is 32.2. The first-order valence-electron chi connectivity index (χ1n) is 9.10. The van der Waals surface area contributed by atoms with E-state index in [-0.39, 0.29) is 0 Å². The highest BCUT2D eigenvalue weighted by molar-refractivity contribution is 8.02. The standard InChI is InChI=1S/C20H28N2O2S2/c1-4-5-6-7-15-8-10-16(11-9-15)21-13-12-17-14-25-19(22-17)26-20(2,3)18(23)24/h8-11,14,21H,4-7,12-13H2,1-3H3,(H,23,24). The molecule has 0 fully saturated rings. The lowest BCUT2D eigenvalue weighted by Gasteiger charge is -2.15. The Morgan fingerprint density at radius 3 is 2.62 bits per heavy atom. The van der Waals surface area contributed by atoms with Crippen LogP contribution in [0.2, 0.25) is 0 Å². The van der Waals surface area contributed by atoms with Gasteiger partial charge in [0.25, 0.3) is 0 Å². The van der Waals surface area contributed by atoms with E-state index >= 15 is 0 Å². The smallest absolute Gasteiger partial charge is 0.319 e. The van der Waals surface area contributed by atoms with Gasteiger partial charge in [-0.2, -0.15) is 0 Å². The molecule has 26 heavy (non-hydrogen) atoms. The number of nitrogens with one attached hydrogen (secondary N) is 1. The van der Waals surface area contributed by atoms with Crippen molar-refractivity contribution in [2.75, 3.05) is 11.9 Å². The fourth-order valence-corrected chi connectivity index (χ4v) is 4.64. The minimum Gasteiger partial charge on any atom is -0.480 e. The summed E-state index contributed by atoms with van der Waals surface area (Å²) in [7, 11) is 0. The van der Waals surface area contributed by atoms with E-state index in [4.69, 9.17) is 0 Å². The highest BCUT2D eigenvalue weighted by Crippen LogP contribution is 2.34. The first-order valence-corrected chi connectivity index (χ1v) is 10.8. The van der Waals surface area contributed by atoms with Crippen LogP contribution >= 0.6 is 23.1 Å². The maximum Gasteiger partial charge on any atom is 0.319 e. The molecule has 0 unspecified atom stereocenters. The molecule has 0 saturated carbocycles. The Morgan fingerprint density at radius 2 is 1.96 bits per heavy atom. The van der Waals surface area contributed by atoms with Gasteiger partial charge in [0.1, 0.15) is 4.75 Å². The van der Waals surface area contributed by atoms with Crippen LogP contribution in [0.5, 0.6) is 0 Å². The fraction of sp³-hybridized carbons (Fsp3) is 0.500. The normalized spacial score (nSPS) is 11.5. The number of thioether (sulfide) groups is 1. The molecule has 1 aromatic heterocycles. The lowest BCUT2D eigenvalue weighted by Crippen LogP contribution is -2.26. The second kappa shape index (κ2) is 9.97. The van der Waals surface area contributed by atoms with Gasteiger partial charge in [-0.3, -0.25) is 4.79 Å². The van der Waals surface area contributed by atoms with Gasteiger partial charge < -0.3 is 10.4 Å².